The van der Waals surface area contributed by atoms with E-state index in [4.69, 9.17) is 11.6 Å². The Hall–Kier alpha value is -1.02. The summed E-state index contributed by atoms with van der Waals surface area (Å²) in [6.07, 6.45) is 0. The number of rotatable bonds is 4. The number of aromatic hydroxyl groups is 1. The zero-order chi connectivity index (χ0) is 13.7. The molecule has 0 saturated carbocycles. The molecule has 2 N–H and O–H groups in total. The molecule has 0 radical (unpaired) electrons. The van der Waals surface area contributed by atoms with Crippen molar-refractivity contribution in [2.75, 3.05) is 13.7 Å². The Morgan fingerprint density at radius 3 is 2.83 bits per heavy atom. The molecule has 1 amide bonds. The molecule has 98 valence electrons. The fourth-order valence-electron chi connectivity index (χ4n) is 1.18. The number of carbonyl (C=O) groups excluding carboxylic acids is 2. The molecule has 0 aliphatic heterocycles. The first-order valence-corrected chi connectivity index (χ1v) is 6.46. The number of phenolic OH excluding ortho intramolecular Hbond substituents is 1. The highest BCUT2D eigenvalue weighted by molar-refractivity contribution is 14.1. The van der Waals surface area contributed by atoms with Crippen LogP contribution >= 0.6 is 34.2 Å². The number of halogens is 2. The van der Waals surface area contributed by atoms with E-state index in [-0.39, 0.29) is 17.9 Å². The van der Waals surface area contributed by atoms with Gasteiger partial charge in [0.1, 0.15) is 11.1 Å². The lowest BCUT2D eigenvalue weighted by Crippen LogP contribution is -2.34. The van der Waals surface area contributed by atoms with E-state index in [0.29, 0.717) is 0 Å². The summed E-state index contributed by atoms with van der Waals surface area (Å²) in [4.78, 5) is 22.8. The number of carbonyl (C=O) groups is 2. The summed E-state index contributed by atoms with van der Waals surface area (Å²) in [6, 6.07) is 4.63. The number of esters is 1. The van der Waals surface area contributed by atoms with Crippen LogP contribution in [0.4, 0.5) is 0 Å². The molecular weight excluding hydrogens is 372 g/mol. The van der Waals surface area contributed by atoms with Gasteiger partial charge >= 0.3 is 5.97 Å². The summed E-state index contributed by atoms with van der Waals surface area (Å²) >= 11 is 7.70. The van der Waals surface area contributed by atoms with Crippen molar-refractivity contribution in [3.05, 3.63) is 27.3 Å². The van der Waals surface area contributed by atoms with Crippen molar-refractivity contribution in [1.82, 2.24) is 5.32 Å². The highest BCUT2D eigenvalue weighted by Gasteiger charge is 2.18. The molecular formula is C11H11ClINO4. The molecule has 18 heavy (non-hydrogen) atoms. The summed E-state index contributed by atoms with van der Waals surface area (Å²) in [5, 5.41) is 11.0. The smallest absolute Gasteiger partial charge is 0.325 e. The number of hydrogen-bond acceptors (Lipinski definition) is 4. The van der Waals surface area contributed by atoms with Crippen LogP contribution in [0.15, 0.2) is 18.2 Å². The summed E-state index contributed by atoms with van der Waals surface area (Å²) in [5.41, 5.74) is 0.135. The van der Waals surface area contributed by atoms with Crippen LogP contribution in [0, 0.1) is 3.57 Å². The molecule has 0 fully saturated rings. The average molecular weight is 384 g/mol. The molecule has 0 bridgehead atoms. The van der Waals surface area contributed by atoms with Crippen molar-refractivity contribution in [3.63, 3.8) is 0 Å². The highest BCUT2D eigenvalue weighted by Crippen LogP contribution is 2.19. The zero-order valence-electron chi connectivity index (χ0n) is 9.44. The minimum atomic E-state index is -0.955. The minimum Gasteiger partial charge on any atom is -0.507 e. The van der Waals surface area contributed by atoms with Crippen LogP contribution < -0.4 is 5.32 Å². The summed E-state index contributed by atoms with van der Waals surface area (Å²) < 4.78 is 5.23. The average Bonchev–Trinajstić information content (AvgIpc) is 2.37. The van der Waals surface area contributed by atoms with Gasteiger partial charge in [-0.1, -0.05) is 0 Å². The number of benzene rings is 1. The molecule has 7 heteroatoms. The van der Waals surface area contributed by atoms with Crippen molar-refractivity contribution in [1.29, 1.82) is 0 Å². The second-order valence-electron chi connectivity index (χ2n) is 3.36. The second-order valence-corrected chi connectivity index (χ2v) is 5.13. The maximum Gasteiger partial charge on any atom is 0.325 e. The van der Waals surface area contributed by atoms with Crippen LogP contribution in [-0.4, -0.2) is 36.0 Å². The van der Waals surface area contributed by atoms with Gasteiger partial charge < -0.3 is 15.2 Å². The highest BCUT2D eigenvalue weighted by atomic mass is 127. The van der Waals surface area contributed by atoms with E-state index < -0.39 is 17.3 Å². The van der Waals surface area contributed by atoms with Crippen molar-refractivity contribution in [2.24, 2.45) is 0 Å². The molecule has 1 rings (SSSR count). The van der Waals surface area contributed by atoms with Crippen LogP contribution in [0.2, 0.25) is 0 Å². The van der Waals surface area contributed by atoms with Crippen LogP contribution in [-0.2, 0) is 9.53 Å². The molecule has 1 unspecified atom stereocenters. The lowest BCUT2D eigenvalue weighted by atomic mass is 10.2. The first-order valence-electron chi connectivity index (χ1n) is 4.94. The van der Waals surface area contributed by atoms with Gasteiger partial charge in [-0.3, -0.25) is 9.59 Å². The van der Waals surface area contributed by atoms with Crippen molar-refractivity contribution >= 4 is 46.1 Å². The van der Waals surface area contributed by atoms with Crippen molar-refractivity contribution < 1.29 is 19.4 Å². The van der Waals surface area contributed by atoms with Crippen molar-refractivity contribution in [2.45, 2.75) is 5.38 Å². The van der Waals surface area contributed by atoms with Gasteiger partial charge in [0.15, 0.2) is 0 Å². The van der Waals surface area contributed by atoms with E-state index in [2.05, 4.69) is 10.1 Å². The third kappa shape index (κ3) is 4.02. The summed E-state index contributed by atoms with van der Waals surface area (Å²) in [7, 11) is 1.21. The van der Waals surface area contributed by atoms with Gasteiger partial charge in [-0.25, -0.2) is 0 Å². The second kappa shape index (κ2) is 6.79. The van der Waals surface area contributed by atoms with Gasteiger partial charge in [0.2, 0.25) is 0 Å². The molecule has 1 atom stereocenters. The molecule has 0 aromatic heterocycles. The number of methoxy groups -OCH3 is 1. The maximum absolute atomic E-state index is 11.7. The Labute approximate surface area is 123 Å². The van der Waals surface area contributed by atoms with Crippen LogP contribution in [0.25, 0.3) is 0 Å². The Kier molecular flexibility index (Phi) is 5.67. The predicted molar refractivity (Wildman–Crippen MR) is 74.8 cm³/mol. The standard InChI is InChI=1S/C11H11ClINO4/c1-18-11(17)8(12)5-14-10(16)7-4-6(13)2-3-9(7)15/h2-4,8,15H,5H2,1H3,(H,14,16). The van der Waals surface area contributed by atoms with E-state index in [0.717, 1.165) is 3.57 Å². The molecule has 5 nitrogen and oxygen atoms in total. The number of ether oxygens (including phenoxy) is 1. The van der Waals surface area contributed by atoms with Gasteiger partial charge in [-0.2, -0.15) is 0 Å². The molecule has 0 heterocycles. The van der Waals surface area contributed by atoms with Gasteiger partial charge in [0, 0.05) is 10.1 Å². The van der Waals surface area contributed by atoms with Gasteiger partial charge in [-0.05, 0) is 40.8 Å². The third-order valence-electron chi connectivity index (χ3n) is 2.10. The Morgan fingerprint density at radius 2 is 2.22 bits per heavy atom. The normalized spacial score (nSPS) is 11.7. The molecule has 0 aliphatic rings. The van der Waals surface area contributed by atoms with E-state index in [1.807, 2.05) is 22.6 Å². The summed E-state index contributed by atoms with van der Waals surface area (Å²) in [6.45, 7) is -0.0715. The van der Waals surface area contributed by atoms with Crippen molar-refractivity contribution in [3.8, 4) is 5.75 Å². The molecule has 0 saturated heterocycles. The topological polar surface area (TPSA) is 75.6 Å². The number of amides is 1. The Bertz CT molecular complexity index is 466. The monoisotopic (exact) mass is 383 g/mol. The maximum atomic E-state index is 11.7. The first kappa shape index (κ1) is 15.0. The molecule has 1 aromatic rings. The van der Waals surface area contributed by atoms with Gasteiger partial charge in [0.05, 0.1) is 12.7 Å². The van der Waals surface area contributed by atoms with Gasteiger partial charge in [0.25, 0.3) is 5.91 Å². The zero-order valence-corrected chi connectivity index (χ0v) is 12.4. The van der Waals surface area contributed by atoms with E-state index in [1.165, 1.54) is 19.2 Å². The lowest BCUT2D eigenvalue weighted by molar-refractivity contribution is -0.140. The van der Waals surface area contributed by atoms with Crippen LogP contribution in [0.5, 0.6) is 5.75 Å². The molecule has 1 aromatic carbocycles. The number of phenols is 1. The summed E-state index contributed by atoms with van der Waals surface area (Å²) in [5.74, 6) is -1.25. The quantitative estimate of drug-likeness (QED) is 0.469. The van der Waals surface area contributed by atoms with E-state index in [9.17, 15) is 14.7 Å². The van der Waals surface area contributed by atoms with Crippen LogP contribution in [0.1, 0.15) is 10.4 Å². The third-order valence-corrected chi connectivity index (χ3v) is 3.11. The number of alkyl halides is 1. The number of nitrogens with one attached hydrogen (secondary N) is 1. The predicted octanol–water partition coefficient (Wildman–Crippen LogP) is 1.51. The van der Waals surface area contributed by atoms with Gasteiger partial charge in [-0.15, -0.1) is 11.6 Å². The molecule has 0 spiro atoms. The Balaban J connectivity index is 2.66. The fourth-order valence-corrected chi connectivity index (χ4v) is 1.84. The Morgan fingerprint density at radius 1 is 1.56 bits per heavy atom. The number of hydrogen-bond donors (Lipinski definition) is 2. The van der Waals surface area contributed by atoms with E-state index in [1.54, 1.807) is 6.07 Å². The molecule has 0 aliphatic carbocycles. The lowest BCUT2D eigenvalue weighted by Gasteiger charge is -2.10. The van der Waals surface area contributed by atoms with Crippen LogP contribution in [0.3, 0.4) is 0 Å². The fraction of sp³-hybridized carbons (Fsp3) is 0.273. The first-order chi connectivity index (χ1) is 8.45. The SMILES string of the molecule is COC(=O)C(Cl)CNC(=O)c1cc(I)ccc1O. The van der Waals surface area contributed by atoms with E-state index >= 15 is 0 Å². The minimum absolute atomic E-state index is 0.0715. The largest absolute Gasteiger partial charge is 0.507 e.